The summed E-state index contributed by atoms with van der Waals surface area (Å²) in [4.78, 5) is 22.3. The molecule has 0 aromatic carbocycles. The van der Waals surface area contributed by atoms with Crippen molar-refractivity contribution in [1.29, 1.82) is 0 Å². The van der Waals surface area contributed by atoms with Crippen LogP contribution in [-0.4, -0.2) is 43.6 Å². The number of carbonyl (C=O) groups is 2. The summed E-state index contributed by atoms with van der Waals surface area (Å²) in [6.07, 6.45) is 1.27. The van der Waals surface area contributed by atoms with Gasteiger partial charge in [-0.05, 0) is 12.8 Å². The quantitative estimate of drug-likeness (QED) is 0.492. The lowest BCUT2D eigenvalue weighted by molar-refractivity contribution is -0.210. The molecule has 0 aliphatic rings. The maximum absolute atomic E-state index is 11.2. The summed E-state index contributed by atoms with van der Waals surface area (Å²) in [6, 6.07) is 0. The molecule has 0 radical (unpaired) electrons. The van der Waals surface area contributed by atoms with Gasteiger partial charge in [0.25, 0.3) is 0 Å². The number of aliphatic hydroxyl groups is 2. The predicted molar refractivity (Wildman–Crippen MR) is 64.2 cm³/mol. The van der Waals surface area contributed by atoms with E-state index < -0.39 is 23.1 Å². The van der Waals surface area contributed by atoms with Crippen LogP contribution in [0.25, 0.3) is 0 Å². The van der Waals surface area contributed by atoms with Crippen LogP contribution in [0.15, 0.2) is 0 Å². The molecule has 0 aromatic heterocycles. The van der Waals surface area contributed by atoms with E-state index in [1.54, 1.807) is 13.8 Å². The van der Waals surface area contributed by atoms with Crippen LogP contribution in [0.3, 0.4) is 0 Å². The highest BCUT2D eigenvalue weighted by Gasteiger charge is 2.59. The van der Waals surface area contributed by atoms with Gasteiger partial charge in [0.15, 0.2) is 0 Å². The number of hydrogen-bond acceptors (Lipinski definition) is 4. The summed E-state index contributed by atoms with van der Waals surface area (Å²) in [5, 5.41) is 38.3. The normalized spacial score (nSPS) is 17.8. The first kappa shape index (κ1) is 16.9. The molecule has 18 heavy (non-hydrogen) atoms. The second kappa shape index (κ2) is 6.70. The minimum Gasteiger partial charge on any atom is -0.479 e. The molecule has 0 aliphatic carbocycles. The van der Waals surface area contributed by atoms with Crippen molar-refractivity contribution in [3.05, 3.63) is 0 Å². The van der Waals surface area contributed by atoms with E-state index in [-0.39, 0.29) is 12.8 Å². The Morgan fingerprint density at radius 2 is 1.11 bits per heavy atom. The third-order valence-electron chi connectivity index (χ3n) is 3.18. The van der Waals surface area contributed by atoms with E-state index in [2.05, 4.69) is 0 Å². The Balaban J connectivity index is 5.34. The molecule has 0 unspecified atom stereocenters. The van der Waals surface area contributed by atoms with E-state index in [0.717, 1.165) is 0 Å². The van der Waals surface area contributed by atoms with Crippen LogP contribution in [0.2, 0.25) is 0 Å². The molecule has 0 heterocycles. The van der Waals surface area contributed by atoms with Crippen molar-refractivity contribution in [2.24, 2.45) is 0 Å². The molecule has 0 aliphatic heterocycles. The van der Waals surface area contributed by atoms with Crippen LogP contribution >= 0.6 is 0 Å². The number of carboxylic acids is 2. The zero-order valence-electron chi connectivity index (χ0n) is 10.8. The Bertz CT molecular complexity index is 273. The van der Waals surface area contributed by atoms with Crippen LogP contribution in [0.5, 0.6) is 0 Å². The minimum atomic E-state index is -2.65. The fourth-order valence-electron chi connectivity index (χ4n) is 1.85. The molecule has 6 heteroatoms. The zero-order chi connectivity index (χ0) is 14.4. The lowest BCUT2D eigenvalue weighted by atomic mass is 9.76. The van der Waals surface area contributed by atoms with Crippen LogP contribution in [0.4, 0.5) is 0 Å². The second-order valence-corrected chi connectivity index (χ2v) is 4.54. The maximum atomic E-state index is 11.2. The molecule has 0 bridgehead atoms. The Morgan fingerprint density at radius 1 is 0.833 bits per heavy atom. The molecule has 0 spiro atoms. The van der Waals surface area contributed by atoms with Crippen molar-refractivity contribution in [2.75, 3.05) is 0 Å². The smallest absolute Gasteiger partial charge is 0.339 e. The van der Waals surface area contributed by atoms with E-state index in [9.17, 15) is 19.8 Å². The highest BCUT2D eigenvalue weighted by molar-refractivity contribution is 5.90. The third-order valence-corrected chi connectivity index (χ3v) is 3.18. The fraction of sp³-hybridized carbons (Fsp3) is 0.833. The lowest BCUT2D eigenvalue weighted by Gasteiger charge is -2.37. The average molecular weight is 262 g/mol. The van der Waals surface area contributed by atoms with Gasteiger partial charge in [-0.25, -0.2) is 9.59 Å². The molecule has 0 saturated carbocycles. The molecule has 2 atom stereocenters. The number of rotatable bonds is 9. The first-order chi connectivity index (χ1) is 8.26. The number of hydrogen-bond donors (Lipinski definition) is 4. The number of aliphatic carboxylic acids is 2. The van der Waals surface area contributed by atoms with Gasteiger partial charge in [0, 0.05) is 0 Å². The molecule has 0 rings (SSSR count). The summed E-state index contributed by atoms with van der Waals surface area (Å²) in [6.45, 7) is 3.57. The Kier molecular flexibility index (Phi) is 6.28. The van der Waals surface area contributed by atoms with Crippen molar-refractivity contribution >= 4 is 11.9 Å². The van der Waals surface area contributed by atoms with E-state index in [0.29, 0.717) is 25.7 Å². The maximum Gasteiger partial charge on any atom is 0.339 e. The van der Waals surface area contributed by atoms with Crippen LogP contribution in [0, 0.1) is 0 Å². The monoisotopic (exact) mass is 262 g/mol. The highest BCUT2D eigenvalue weighted by Crippen LogP contribution is 2.33. The van der Waals surface area contributed by atoms with Gasteiger partial charge in [0.1, 0.15) is 0 Å². The van der Waals surface area contributed by atoms with Gasteiger partial charge in [-0.15, -0.1) is 0 Å². The molecule has 106 valence electrons. The summed E-state index contributed by atoms with van der Waals surface area (Å²) in [7, 11) is 0. The Morgan fingerprint density at radius 3 is 1.28 bits per heavy atom. The van der Waals surface area contributed by atoms with Gasteiger partial charge in [-0.1, -0.05) is 39.5 Å². The summed E-state index contributed by atoms with van der Waals surface area (Å²) >= 11 is 0. The van der Waals surface area contributed by atoms with Crippen LogP contribution < -0.4 is 0 Å². The van der Waals surface area contributed by atoms with Gasteiger partial charge in [0.2, 0.25) is 11.2 Å². The average Bonchev–Trinajstić information content (AvgIpc) is 2.32. The van der Waals surface area contributed by atoms with Gasteiger partial charge in [-0.3, -0.25) is 0 Å². The van der Waals surface area contributed by atoms with Gasteiger partial charge < -0.3 is 20.4 Å². The number of carboxylic acid groups (broad SMARTS) is 2. The fourth-order valence-corrected chi connectivity index (χ4v) is 1.85. The minimum absolute atomic E-state index is 0.286. The molecule has 0 aromatic rings. The topological polar surface area (TPSA) is 115 Å². The highest BCUT2D eigenvalue weighted by atomic mass is 16.5. The van der Waals surface area contributed by atoms with Crippen molar-refractivity contribution < 1.29 is 30.0 Å². The lowest BCUT2D eigenvalue weighted by Crippen LogP contribution is -2.63. The SMILES string of the molecule is CCCC[C@@](O)(C(=O)O)[C@@](O)(CCCC)C(=O)O. The van der Waals surface area contributed by atoms with Crippen molar-refractivity contribution in [3.63, 3.8) is 0 Å². The van der Waals surface area contributed by atoms with E-state index in [1.165, 1.54) is 0 Å². The van der Waals surface area contributed by atoms with E-state index in [4.69, 9.17) is 10.2 Å². The Labute approximate surface area is 106 Å². The van der Waals surface area contributed by atoms with Gasteiger partial charge >= 0.3 is 11.9 Å². The first-order valence-electron chi connectivity index (χ1n) is 6.17. The van der Waals surface area contributed by atoms with Crippen molar-refractivity contribution in [2.45, 2.75) is 63.6 Å². The van der Waals surface area contributed by atoms with Crippen molar-refractivity contribution in [1.82, 2.24) is 0 Å². The van der Waals surface area contributed by atoms with Gasteiger partial charge in [-0.2, -0.15) is 0 Å². The van der Waals surface area contributed by atoms with Gasteiger partial charge in [0.05, 0.1) is 0 Å². The first-order valence-corrected chi connectivity index (χ1v) is 6.17. The number of unbranched alkanes of at least 4 members (excludes halogenated alkanes) is 2. The predicted octanol–water partition coefficient (Wildman–Crippen LogP) is 0.998. The zero-order valence-corrected chi connectivity index (χ0v) is 10.8. The second-order valence-electron chi connectivity index (χ2n) is 4.54. The van der Waals surface area contributed by atoms with Crippen LogP contribution in [0.1, 0.15) is 52.4 Å². The van der Waals surface area contributed by atoms with E-state index in [1.807, 2.05) is 0 Å². The summed E-state index contributed by atoms with van der Waals surface area (Å²) in [5.74, 6) is -3.39. The van der Waals surface area contributed by atoms with Crippen molar-refractivity contribution in [3.8, 4) is 0 Å². The molecule has 0 fully saturated rings. The largest absolute Gasteiger partial charge is 0.479 e. The summed E-state index contributed by atoms with van der Waals surface area (Å²) < 4.78 is 0. The molecule has 0 saturated heterocycles. The van der Waals surface area contributed by atoms with E-state index >= 15 is 0 Å². The Hall–Kier alpha value is -1.14. The summed E-state index contributed by atoms with van der Waals surface area (Å²) in [5.41, 5.74) is -5.30. The standard InChI is InChI=1S/C12H22O6/c1-3-5-7-11(17,9(13)14)12(18,10(15)16)8-6-4-2/h17-18H,3-8H2,1-2H3,(H,13,14)(H,15,16)/t11-,12-/m1/s1. The third kappa shape index (κ3) is 3.20. The molecule has 0 amide bonds. The molecule has 6 nitrogen and oxygen atoms in total. The molecular weight excluding hydrogens is 240 g/mol. The van der Waals surface area contributed by atoms with Crippen LogP contribution in [-0.2, 0) is 9.59 Å². The molecule has 4 N–H and O–H groups in total. The molecular formula is C12H22O6.